The number of hydrogen-bond acceptors (Lipinski definition) is 6. The highest BCUT2D eigenvalue weighted by Crippen LogP contribution is 2.27. The number of carbonyl (C=O) groups is 1. The number of non-ortho nitro benzene ring substituents is 1. The highest BCUT2D eigenvalue weighted by Gasteiger charge is 2.25. The maximum Gasteiger partial charge on any atom is 0.269 e. The number of rotatable bonds is 5. The van der Waals surface area contributed by atoms with E-state index in [1.807, 2.05) is 24.0 Å². The predicted octanol–water partition coefficient (Wildman–Crippen LogP) is 2.82. The van der Waals surface area contributed by atoms with Crippen LogP contribution in [0.4, 0.5) is 11.4 Å². The normalized spacial score (nSPS) is 15.6. The Morgan fingerprint density at radius 3 is 2.31 bits per heavy atom. The molecule has 1 aromatic carbocycles. The van der Waals surface area contributed by atoms with E-state index in [0.29, 0.717) is 13.1 Å². The number of aromatic nitrogens is 1. The molecule has 0 bridgehead atoms. The van der Waals surface area contributed by atoms with Gasteiger partial charge in [0.2, 0.25) is 5.91 Å². The average molecular weight is 372 g/mol. The molecule has 0 spiro atoms. The lowest BCUT2D eigenvalue weighted by molar-refractivity contribution is -0.384. The summed E-state index contributed by atoms with van der Waals surface area (Å²) in [6.45, 7) is 4.84. The first-order valence-electron chi connectivity index (χ1n) is 8.39. The van der Waals surface area contributed by atoms with Crippen LogP contribution in [0.15, 0.2) is 53.7 Å². The molecule has 1 atom stereocenters. The first kappa shape index (κ1) is 18.2. The molecular weight excluding hydrogens is 352 g/mol. The Labute approximate surface area is 156 Å². The van der Waals surface area contributed by atoms with Crippen LogP contribution in [0.5, 0.6) is 0 Å². The lowest BCUT2D eigenvalue weighted by Crippen LogP contribution is -2.50. The van der Waals surface area contributed by atoms with Crippen molar-refractivity contribution < 1.29 is 9.72 Å². The molecule has 26 heavy (non-hydrogen) atoms. The molecule has 0 radical (unpaired) electrons. The van der Waals surface area contributed by atoms with E-state index in [0.717, 1.165) is 23.7 Å². The van der Waals surface area contributed by atoms with E-state index < -0.39 is 4.92 Å². The van der Waals surface area contributed by atoms with Gasteiger partial charge in [0.15, 0.2) is 0 Å². The summed E-state index contributed by atoms with van der Waals surface area (Å²) in [4.78, 5) is 32.0. The second kappa shape index (κ2) is 8.18. The molecule has 0 saturated carbocycles. The molecular formula is C18H20N4O3S. The number of thioether (sulfide) groups is 1. The van der Waals surface area contributed by atoms with Crippen LogP contribution in [0.3, 0.4) is 0 Å². The number of piperazine rings is 1. The third kappa shape index (κ3) is 4.32. The summed E-state index contributed by atoms with van der Waals surface area (Å²) in [5.41, 5.74) is 1.18. The van der Waals surface area contributed by atoms with Crippen molar-refractivity contribution in [2.75, 3.05) is 31.1 Å². The lowest BCUT2D eigenvalue weighted by atomic mass is 10.2. The fourth-order valence-corrected chi connectivity index (χ4v) is 3.85. The molecule has 1 saturated heterocycles. The van der Waals surface area contributed by atoms with Gasteiger partial charge in [0.1, 0.15) is 0 Å². The molecule has 1 aliphatic heterocycles. The molecule has 8 heteroatoms. The molecule has 136 valence electrons. The number of carbonyl (C=O) groups excluding carboxylic acids is 1. The molecule has 3 rings (SSSR count). The number of benzene rings is 1. The second-order valence-corrected chi connectivity index (χ2v) is 7.44. The highest BCUT2D eigenvalue weighted by molar-refractivity contribution is 8.00. The molecule has 1 fully saturated rings. The molecule has 1 aromatic heterocycles. The number of hydrogen-bond donors (Lipinski definition) is 0. The number of amides is 1. The Balaban J connectivity index is 1.53. The molecule has 1 amide bonds. The van der Waals surface area contributed by atoms with Crippen molar-refractivity contribution in [3.8, 4) is 0 Å². The summed E-state index contributed by atoms with van der Waals surface area (Å²) in [5.74, 6) is 0.0998. The summed E-state index contributed by atoms with van der Waals surface area (Å²) in [6, 6.07) is 10.3. The first-order chi connectivity index (χ1) is 12.5. The van der Waals surface area contributed by atoms with Gasteiger partial charge in [0.25, 0.3) is 5.69 Å². The minimum absolute atomic E-state index is 0.0561. The number of pyridine rings is 1. The molecule has 2 aromatic rings. The smallest absolute Gasteiger partial charge is 0.269 e. The quantitative estimate of drug-likeness (QED) is 0.456. The lowest BCUT2D eigenvalue weighted by Gasteiger charge is -2.37. The van der Waals surface area contributed by atoms with Crippen molar-refractivity contribution in [3.63, 3.8) is 0 Å². The summed E-state index contributed by atoms with van der Waals surface area (Å²) in [6.07, 6.45) is 3.55. The van der Waals surface area contributed by atoms with Gasteiger partial charge in [-0.15, -0.1) is 11.8 Å². The maximum absolute atomic E-state index is 12.7. The topological polar surface area (TPSA) is 79.6 Å². The van der Waals surface area contributed by atoms with Gasteiger partial charge in [-0.3, -0.25) is 19.9 Å². The molecule has 1 unspecified atom stereocenters. The summed E-state index contributed by atoms with van der Waals surface area (Å²) in [7, 11) is 0. The largest absolute Gasteiger partial charge is 0.368 e. The van der Waals surface area contributed by atoms with E-state index in [-0.39, 0.29) is 16.8 Å². The van der Waals surface area contributed by atoms with Crippen LogP contribution >= 0.6 is 11.8 Å². The predicted molar refractivity (Wildman–Crippen MR) is 101 cm³/mol. The first-order valence-corrected chi connectivity index (χ1v) is 9.27. The standard InChI is InChI=1S/C18H20N4O3S/c1-14(26-17-4-2-16(3-5-17)22(24)25)18(23)21-12-10-20(11-13-21)15-6-8-19-9-7-15/h2-9,14H,10-13H2,1H3. The van der Waals surface area contributed by atoms with Crippen LogP contribution in [0.25, 0.3) is 0 Å². The SMILES string of the molecule is CC(Sc1ccc([N+](=O)[O-])cc1)C(=O)N1CCN(c2ccncc2)CC1. The summed E-state index contributed by atoms with van der Waals surface area (Å²) >= 11 is 1.43. The van der Waals surface area contributed by atoms with Crippen molar-refractivity contribution in [2.24, 2.45) is 0 Å². The van der Waals surface area contributed by atoms with Crippen LogP contribution in [0.2, 0.25) is 0 Å². The number of nitrogens with zero attached hydrogens (tertiary/aromatic N) is 4. The van der Waals surface area contributed by atoms with Crippen molar-refractivity contribution in [2.45, 2.75) is 17.1 Å². The van der Waals surface area contributed by atoms with E-state index in [2.05, 4.69) is 9.88 Å². The highest BCUT2D eigenvalue weighted by atomic mass is 32.2. The van der Waals surface area contributed by atoms with E-state index in [1.165, 1.54) is 23.9 Å². The van der Waals surface area contributed by atoms with Gasteiger partial charge in [-0.2, -0.15) is 0 Å². The van der Waals surface area contributed by atoms with Crippen molar-refractivity contribution in [1.82, 2.24) is 9.88 Å². The molecule has 7 nitrogen and oxygen atoms in total. The molecule has 2 heterocycles. The third-order valence-electron chi connectivity index (χ3n) is 4.33. The van der Waals surface area contributed by atoms with Crippen LogP contribution < -0.4 is 4.90 Å². The zero-order valence-electron chi connectivity index (χ0n) is 14.4. The summed E-state index contributed by atoms with van der Waals surface area (Å²) in [5, 5.41) is 10.5. The van der Waals surface area contributed by atoms with Crippen molar-refractivity contribution in [3.05, 3.63) is 58.9 Å². The van der Waals surface area contributed by atoms with Crippen LogP contribution in [-0.2, 0) is 4.79 Å². The van der Waals surface area contributed by atoms with E-state index >= 15 is 0 Å². The Kier molecular flexibility index (Phi) is 5.72. The monoisotopic (exact) mass is 372 g/mol. The number of anilines is 1. The van der Waals surface area contributed by atoms with Gasteiger partial charge >= 0.3 is 0 Å². The number of nitro groups is 1. The van der Waals surface area contributed by atoms with Gasteiger partial charge in [0, 0.05) is 61.3 Å². The van der Waals surface area contributed by atoms with Gasteiger partial charge in [0.05, 0.1) is 10.2 Å². The van der Waals surface area contributed by atoms with Gasteiger partial charge < -0.3 is 9.80 Å². The minimum Gasteiger partial charge on any atom is -0.368 e. The fourth-order valence-electron chi connectivity index (χ4n) is 2.90. The van der Waals surface area contributed by atoms with Crippen molar-refractivity contribution in [1.29, 1.82) is 0 Å². The Bertz CT molecular complexity index is 762. The van der Waals surface area contributed by atoms with Gasteiger partial charge in [-0.05, 0) is 31.2 Å². The van der Waals surface area contributed by atoms with Crippen LogP contribution in [0.1, 0.15) is 6.92 Å². The Morgan fingerprint density at radius 1 is 1.12 bits per heavy atom. The molecule has 0 aliphatic carbocycles. The second-order valence-electron chi connectivity index (χ2n) is 6.03. The van der Waals surface area contributed by atoms with Gasteiger partial charge in [-0.25, -0.2) is 0 Å². The summed E-state index contributed by atoms with van der Waals surface area (Å²) < 4.78 is 0. The van der Waals surface area contributed by atoms with E-state index in [9.17, 15) is 14.9 Å². The van der Waals surface area contributed by atoms with Crippen LogP contribution in [-0.4, -0.2) is 52.1 Å². The zero-order valence-corrected chi connectivity index (χ0v) is 15.3. The Hall–Kier alpha value is -2.61. The number of nitro benzene ring substituents is 1. The minimum atomic E-state index is -0.425. The fraction of sp³-hybridized carbons (Fsp3) is 0.333. The molecule has 0 N–H and O–H groups in total. The van der Waals surface area contributed by atoms with E-state index in [4.69, 9.17) is 0 Å². The average Bonchev–Trinajstić information content (AvgIpc) is 2.68. The van der Waals surface area contributed by atoms with Crippen LogP contribution in [0, 0.1) is 10.1 Å². The molecule has 1 aliphatic rings. The maximum atomic E-state index is 12.7. The zero-order chi connectivity index (χ0) is 18.5. The third-order valence-corrected chi connectivity index (χ3v) is 5.43. The van der Waals surface area contributed by atoms with E-state index in [1.54, 1.807) is 24.5 Å². The van der Waals surface area contributed by atoms with Crippen molar-refractivity contribution >= 4 is 29.0 Å². The Morgan fingerprint density at radius 2 is 1.73 bits per heavy atom. The van der Waals surface area contributed by atoms with Gasteiger partial charge in [-0.1, -0.05) is 0 Å².